The van der Waals surface area contributed by atoms with Gasteiger partial charge in [0.1, 0.15) is 0 Å². The Hall–Kier alpha value is -1.05. The molecule has 3 saturated carbocycles. The predicted octanol–water partition coefficient (Wildman–Crippen LogP) is 4.72. The minimum atomic E-state index is -0.0184. The van der Waals surface area contributed by atoms with Crippen molar-refractivity contribution >= 4 is 6.41 Å². The lowest BCUT2D eigenvalue weighted by Crippen LogP contribution is -2.59. The Kier molecular flexibility index (Phi) is 4.23. The smallest absolute Gasteiger partial charge is 0.207 e. The van der Waals surface area contributed by atoms with Gasteiger partial charge in [-0.2, -0.15) is 0 Å². The average molecular weight is 316 g/mol. The van der Waals surface area contributed by atoms with Gasteiger partial charge in [0.2, 0.25) is 6.41 Å². The first-order valence-corrected chi connectivity index (χ1v) is 9.40. The van der Waals surface area contributed by atoms with E-state index >= 15 is 0 Å². The zero-order valence-corrected chi connectivity index (χ0v) is 15.3. The second-order valence-corrected chi connectivity index (χ2v) is 8.97. The predicted molar refractivity (Wildman–Crippen MR) is 95.9 cm³/mol. The highest BCUT2D eigenvalue weighted by Crippen LogP contribution is 2.67. The normalized spacial score (nSPS) is 49.0. The van der Waals surface area contributed by atoms with Gasteiger partial charge in [0.15, 0.2) is 0 Å². The highest BCUT2D eigenvalue weighted by Gasteiger charge is 2.62. The van der Waals surface area contributed by atoms with Gasteiger partial charge in [-0.1, -0.05) is 38.2 Å². The third-order valence-electron chi connectivity index (χ3n) is 7.63. The molecule has 1 N–H and O–H groups in total. The summed E-state index contributed by atoms with van der Waals surface area (Å²) in [4.78, 5) is 11.2. The molecule has 23 heavy (non-hydrogen) atoms. The first kappa shape index (κ1) is 16.8. The van der Waals surface area contributed by atoms with Crippen LogP contribution >= 0.6 is 0 Å². The van der Waals surface area contributed by atoms with Crippen molar-refractivity contribution in [1.82, 2.24) is 5.32 Å². The van der Waals surface area contributed by atoms with E-state index in [2.05, 4.69) is 51.7 Å². The molecule has 3 aliphatic rings. The largest absolute Gasteiger partial charge is 0.353 e. The lowest BCUT2D eigenvalue weighted by atomic mass is 9.50. The molecule has 0 aromatic heterocycles. The average Bonchev–Trinajstić information content (AvgIpc) is 2.78. The summed E-state index contributed by atoms with van der Waals surface area (Å²) in [7, 11) is 0. The van der Waals surface area contributed by atoms with Crippen LogP contribution in [0.4, 0.5) is 0 Å². The van der Waals surface area contributed by atoms with Crippen molar-refractivity contribution < 1.29 is 4.79 Å². The summed E-state index contributed by atoms with van der Waals surface area (Å²) in [6, 6.07) is 0. The number of carbonyl (C=O) groups excluding carboxylic acids is 1. The molecule has 0 radical (unpaired) electrons. The van der Waals surface area contributed by atoms with Crippen LogP contribution in [0.3, 0.4) is 0 Å². The van der Waals surface area contributed by atoms with E-state index in [9.17, 15) is 4.79 Å². The zero-order valence-electron chi connectivity index (χ0n) is 15.3. The first-order chi connectivity index (χ1) is 10.8. The van der Waals surface area contributed by atoms with Crippen molar-refractivity contribution in [2.45, 2.75) is 65.3 Å². The lowest BCUT2D eigenvalue weighted by Gasteiger charge is -2.57. The van der Waals surface area contributed by atoms with Gasteiger partial charge >= 0.3 is 0 Å². The molecular weight excluding hydrogens is 282 g/mol. The molecule has 0 saturated heterocycles. The Morgan fingerprint density at radius 3 is 2.65 bits per heavy atom. The van der Waals surface area contributed by atoms with Gasteiger partial charge in [-0.05, 0) is 81.0 Å². The number of amides is 1. The molecule has 0 aromatic rings. The molecular formula is C21H33NO. The molecule has 3 aliphatic carbocycles. The third-order valence-corrected chi connectivity index (χ3v) is 7.63. The second-order valence-electron chi connectivity index (χ2n) is 8.97. The van der Waals surface area contributed by atoms with Crippen molar-refractivity contribution in [1.29, 1.82) is 0 Å². The van der Waals surface area contributed by atoms with Crippen molar-refractivity contribution in [2.24, 2.45) is 35.0 Å². The van der Waals surface area contributed by atoms with E-state index < -0.39 is 0 Å². The van der Waals surface area contributed by atoms with Gasteiger partial charge in [-0.25, -0.2) is 0 Å². The van der Waals surface area contributed by atoms with Gasteiger partial charge in [-0.3, -0.25) is 4.79 Å². The van der Waals surface area contributed by atoms with Crippen LogP contribution in [0.15, 0.2) is 24.3 Å². The Labute approximate surface area is 141 Å². The topological polar surface area (TPSA) is 29.1 Å². The summed E-state index contributed by atoms with van der Waals surface area (Å²) in [5.74, 6) is 3.66. The highest BCUT2D eigenvalue weighted by molar-refractivity contribution is 5.48. The minimum Gasteiger partial charge on any atom is -0.353 e. The number of rotatable bonds is 4. The van der Waals surface area contributed by atoms with Crippen LogP contribution in [0.1, 0.15) is 59.8 Å². The fourth-order valence-electron chi connectivity index (χ4n) is 6.46. The summed E-state index contributed by atoms with van der Waals surface area (Å²) in [6.45, 7) is 13.4. The number of carbonyl (C=O) groups is 1. The first-order valence-electron chi connectivity index (χ1n) is 9.40. The van der Waals surface area contributed by atoms with Crippen LogP contribution in [-0.2, 0) is 4.79 Å². The molecule has 128 valence electrons. The molecule has 1 amide bonds. The summed E-state index contributed by atoms with van der Waals surface area (Å²) in [6.07, 6.45) is 11.9. The molecule has 0 spiro atoms. The maximum atomic E-state index is 11.2. The molecule has 3 fully saturated rings. The van der Waals surface area contributed by atoms with Gasteiger partial charge < -0.3 is 5.32 Å². The Balaban J connectivity index is 2.04. The Morgan fingerprint density at radius 1 is 1.26 bits per heavy atom. The number of nitrogens with one attached hydrogen (secondary N) is 1. The van der Waals surface area contributed by atoms with Crippen LogP contribution in [0.25, 0.3) is 0 Å². The molecule has 0 aromatic carbocycles. The van der Waals surface area contributed by atoms with Crippen molar-refractivity contribution in [3.8, 4) is 0 Å². The molecule has 7 unspecified atom stereocenters. The Bertz CT molecular complexity index is 524. The quantitative estimate of drug-likeness (QED) is 0.590. The number of hydrogen-bond donors (Lipinski definition) is 1. The van der Waals surface area contributed by atoms with Gasteiger partial charge in [0, 0.05) is 5.54 Å². The summed E-state index contributed by atoms with van der Waals surface area (Å²) in [5.41, 5.74) is 1.43. The molecule has 2 heteroatoms. The molecule has 0 aliphatic heterocycles. The maximum Gasteiger partial charge on any atom is 0.207 e. The van der Waals surface area contributed by atoms with E-state index in [1.54, 1.807) is 0 Å². The summed E-state index contributed by atoms with van der Waals surface area (Å²) in [5, 5.41) is 3.22. The molecule has 3 rings (SSSR count). The zero-order chi connectivity index (χ0) is 16.8. The van der Waals surface area contributed by atoms with Crippen LogP contribution in [0.5, 0.6) is 0 Å². The second kappa shape index (κ2) is 5.79. The van der Waals surface area contributed by atoms with E-state index in [1.165, 1.54) is 25.7 Å². The summed E-state index contributed by atoms with van der Waals surface area (Å²) >= 11 is 0. The van der Waals surface area contributed by atoms with E-state index in [4.69, 9.17) is 0 Å². The fourth-order valence-corrected chi connectivity index (χ4v) is 6.46. The maximum absolute atomic E-state index is 11.2. The van der Waals surface area contributed by atoms with E-state index in [1.807, 2.05) is 0 Å². The SMILES string of the molecule is C=C(C)C=CC12CC(C)C3CCC(C)(NC=O)C(CCC1C)C32. The van der Waals surface area contributed by atoms with Crippen LogP contribution in [0.2, 0.25) is 0 Å². The Morgan fingerprint density at radius 2 is 2.00 bits per heavy atom. The molecule has 2 nitrogen and oxygen atoms in total. The van der Waals surface area contributed by atoms with Gasteiger partial charge in [-0.15, -0.1) is 0 Å². The van der Waals surface area contributed by atoms with Crippen molar-refractivity contribution in [2.75, 3.05) is 0 Å². The van der Waals surface area contributed by atoms with E-state index in [0.29, 0.717) is 17.3 Å². The van der Waals surface area contributed by atoms with Gasteiger partial charge in [0.25, 0.3) is 0 Å². The van der Waals surface area contributed by atoms with Crippen molar-refractivity contribution in [3.05, 3.63) is 24.3 Å². The van der Waals surface area contributed by atoms with Crippen molar-refractivity contribution in [3.63, 3.8) is 0 Å². The van der Waals surface area contributed by atoms with Gasteiger partial charge in [0.05, 0.1) is 0 Å². The molecule has 7 atom stereocenters. The number of hydrogen-bond acceptors (Lipinski definition) is 1. The van der Waals surface area contributed by atoms with Crippen LogP contribution < -0.4 is 5.32 Å². The third kappa shape index (κ3) is 2.49. The van der Waals surface area contributed by atoms with E-state index in [-0.39, 0.29) is 5.54 Å². The van der Waals surface area contributed by atoms with Crippen LogP contribution in [-0.4, -0.2) is 11.9 Å². The minimum absolute atomic E-state index is 0.0184. The molecule has 0 bridgehead atoms. The monoisotopic (exact) mass is 315 g/mol. The van der Waals surface area contributed by atoms with E-state index in [0.717, 1.165) is 36.2 Å². The number of allylic oxidation sites excluding steroid dienone is 3. The lowest BCUT2D eigenvalue weighted by molar-refractivity contribution is -0.115. The standard InChI is InChI=1S/C21H33NO/c1-14(2)8-11-21-12-15(3)17-9-10-20(5,22-13-23)18(19(17)21)7-6-16(21)4/h8,11,13,15-19H,1,6-7,9-10,12H2,2-5H3,(H,22,23). The highest BCUT2D eigenvalue weighted by atomic mass is 16.1. The fraction of sp³-hybridized carbons (Fsp3) is 0.762. The van der Waals surface area contributed by atoms with Crippen LogP contribution in [0, 0.1) is 35.0 Å². The summed E-state index contributed by atoms with van der Waals surface area (Å²) < 4.78 is 0. The molecule has 0 heterocycles.